The van der Waals surface area contributed by atoms with Crippen molar-refractivity contribution in [2.75, 3.05) is 5.32 Å². The van der Waals surface area contributed by atoms with Crippen LogP contribution in [0.25, 0.3) is 0 Å². The zero-order valence-electron chi connectivity index (χ0n) is 11.6. The summed E-state index contributed by atoms with van der Waals surface area (Å²) in [5.74, 6) is -2.59. The molecule has 1 rings (SSSR count). The van der Waals surface area contributed by atoms with Gasteiger partial charge in [0.2, 0.25) is 0 Å². The van der Waals surface area contributed by atoms with Gasteiger partial charge in [0.1, 0.15) is 11.5 Å². The van der Waals surface area contributed by atoms with Crippen molar-refractivity contribution in [2.45, 2.75) is 39.2 Å². The van der Waals surface area contributed by atoms with Crippen LogP contribution in [0.4, 0.5) is 15.8 Å². The normalized spacial score (nSPS) is 11.2. The Balaban J connectivity index is 3.31. The van der Waals surface area contributed by atoms with Crippen molar-refractivity contribution in [1.29, 1.82) is 0 Å². The maximum atomic E-state index is 13.5. The zero-order chi connectivity index (χ0) is 15.5. The first-order chi connectivity index (χ1) is 9.18. The number of nitro benzene ring substituents is 1. The van der Waals surface area contributed by atoms with Crippen molar-refractivity contribution in [3.05, 3.63) is 33.6 Å². The molecule has 0 saturated heterocycles. The summed E-state index contributed by atoms with van der Waals surface area (Å²) in [6.07, 6.45) is 1.57. The molecule has 110 valence electrons. The van der Waals surface area contributed by atoms with Crippen LogP contribution in [0.15, 0.2) is 12.1 Å². The number of nitrogens with zero attached hydrogens (tertiary/aromatic N) is 1. The number of anilines is 1. The highest BCUT2D eigenvalue weighted by Gasteiger charge is 2.25. The van der Waals surface area contributed by atoms with E-state index in [1.165, 1.54) is 0 Å². The van der Waals surface area contributed by atoms with Crippen LogP contribution in [0.2, 0.25) is 0 Å². The van der Waals surface area contributed by atoms with E-state index < -0.39 is 33.5 Å². The third-order valence-electron chi connectivity index (χ3n) is 2.86. The average Bonchev–Trinajstić information content (AvgIpc) is 2.29. The summed E-state index contributed by atoms with van der Waals surface area (Å²) in [4.78, 5) is 21.1. The molecule has 0 fully saturated rings. The average molecular weight is 284 g/mol. The quantitative estimate of drug-likeness (QED) is 0.616. The molecule has 0 radical (unpaired) electrons. The van der Waals surface area contributed by atoms with Crippen LogP contribution < -0.4 is 5.32 Å². The summed E-state index contributed by atoms with van der Waals surface area (Å²) < 4.78 is 13.5. The summed E-state index contributed by atoms with van der Waals surface area (Å²) >= 11 is 0. The molecule has 0 aromatic heterocycles. The number of carbonyl (C=O) groups is 1. The van der Waals surface area contributed by atoms with Crippen molar-refractivity contribution in [3.63, 3.8) is 0 Å². The first-order valence-corrected chi connectivity index (χ1v) is 6.17. The molecule has 7 heteroatoms. The predicted octanol–water partition coefficient (Wildman–Crippen LogP) is 3.42. The van der Waals surface area contributed by atoms with Gasteiger partial charge < -0.3 is 10.4 Å². The molecule has 2 N–H and O–H groups in total. The fourth-order valence-corrected chi connectivity index (χ4v) is 2.03. The van der Waals surface area contributed by atoms with Gasteiger partial charge >= 0.3 is 5.97 Å². The first kappa shape index (κ1) is 15.9. The Morgan fingerprint density at radius 2 is 2.10 bits per heavy atom. The number of aromatic carboxylic acids is 1. The monoisotopic (exact) mass is 284 g/mol. The molecule has 1 aromatic rings. The number of carboxylic acid groups (broad SMARTS) is 1. The van der Waals surface area contributed by atoms with Crippen LogP contribution in [-0.4, -0.2) is 21.5 Å². The Kier molecular flexibility index (Phi) is 4.65. The Bertz CT molecular complexity index is 543. The molecule has 1 aromatic carbocycles. The molecule has 0 aliphatic rings. The molecule has 0 atom stereocenters. The molecule has 0 heterocycles. The fraction of sp³-hybridized carbons (Fsp3) is 0.462. The van der Waals surface area contributed by atoms with E-state index in [1.807, 2.05) is 20.8 Å². The highest BCUT2D eigenvalue weighted by Crippen LogP contribution is 2.31. The maximum Gasteiger partial charge on any atom is 0.338 e. The number of nitrogens with one attached hydrogen (secondary N) is 1. The van der Waals surface area contributed by atoms with Gasteiger partial charge in [0.25, 0.3) is 5.69 Å². The lowest BCUT2D eigenvalue weighted by Crippen LogP contribution is -2.31. The van der Waals surface area contributed by atoms with E-state index in [4.69, 9.17) is 5.11 Å². The predicted molar refractivity (Wildman–Crippen MR) is 72.6 cm³/mol. The Labute approximate surface area is 115 Å². The molecular formula is C13H17FN2O4. The van der Waals surface area contributed by atoms with Gasteiger partial charge in [-0.3, -0.25) is 10.1 Å². The molecular weight excluding hydrogens is 267 g/mol. The second kappa shape index (κ2) is 5.85. The summed E-state index contributed by atoms with van der Waals surface area (Å²) in [5, 5.41) is 22.8. The summed E-state index contributed by atoms with van der Waals surface area (Å²) in [6, 6.07) is 1.60. The van der Waals surface area contributed by atoms with Gasteiger partial charge in [-0.25, -0.2) is 9.18 Å². The highest BCUT2D eigenvalue weighted by atomic mass is 19.1. The smallest absolute Gasteiger partial charge is 0.338 e. The molecule has 0 unspecified atom stereocenters. The van der Waals surface area contributed by atoms with E-state index in [0.717, 1.165) is 18.9 Å². The SMILES string of the molecule is CCCC(C)(C)Nc1cc(C(=O)O)c(F)cc1[N+](=O)[O-]. The van der Waals surface area contributed by atoms with E-state index in [9.17, 15) is 19.3 Å². The second-order valence-electron chi connectivity index (χ2n) is 5.17. The van der Waals surface area contributed by atoms with Gasteiger partial charge in [-0.15, -0.1) is 0 Å². The van der Waals surface area contributed by atoms with Gasteiger partial charge in [0.15, 0.2) is 0 Å². The number of carboxylic acids is 1. The molecule has 0 aliphatic carbocycles. The number of rotatable bonds is 6. The molecule has 6 nitrogen and oxygen atoms in total. The molecule has 0 amide bonds. The van der Waals surface area contributed by atoms with Crippen molar-refractivity contribution in [3.8, 4) is 0 Å². The molecule has 0 saturated carbocycles. The standard InChI is InChI=1S/C13H17FN2O4/c1-4-5-13(2,3)15-10-6-8(12(17)18)9(14)7-11(10)16(19)20/h6-7,15H,4-5H2,1-3H3,(H,17,18). The van der Waals surface area contributed by atoms with Gasteiger partial charge in [0.05, 0.1) is 16.6 Å². The summed E-state index contributed by atoms with van der Waals surface area (Å²) in [5.41, 5.74) is -1.53. The van der Waals surface area contributed by atoms with Crippen molar-refractivity contribution in [1.82, 2.24) is 0 Å². The number of halogens is 1. The fourth-order valence-electron chi connectivity index (χ4n) is 2.03. The van der Waals surface area contributed by atoms with Gasteiger partial charge in [-0.2, -0.15) is 0 Å². The van der Waals surface area contributed by atoms with Gasteiger partial charge in [-0.1, -0.05) is 13.3 Å². The number of hydrogen-bond acceptors (Lipinski definition) is 4. The topological polar surface area (TPSA) is 92.5 Å². The van der Waals surface area contributed by atoms with Gasteiger partial charge in [-0.05, 0) is 26.3 Å². The van der Waals surface area contributed by atoms with Crippen molar-refractivity contribution >= 4 is 17.3 Å². The van der Waals surface area contributed by atoms with E-state index in [2.05, 4.69) is 5.32 Å². The highest BCUT2D eigenvalue weighted by molar-refractivity contribution is 5.90. The minimum Gasteiger partial charge on any atom is -0.478 e. The minimum atomic E-state index is -1.46. The van der Waals surface area contributed by atoms with Crippen molar-refractivity contribution < 1.29 is 19.2 Å². The van der Waals surface area contributed by atoms with Crippen molar-refractivity contribution in [2.24, 2.45) is 0 Å². The van der Waals surface area contributed by atoms with Gasteiger partial charge in [0, 0.05) is 5.54 Å². The van der Waals surface area contributed by atoms with E-state index in [0.29, 0.717) is 6.07 Å². The van der Waals surface area contributed by atoms with Crippen LogP contribution in [0.1, 0.15) is 44.0 Å². The maximum absolute atomic E-state index is 13.5. The Hall–Kier alpha value is -2.18. The van der Waals surface area contributed by atoms with Crippen LogP contribution in [0, 0.1) is 15.9 Å². The first-order valence-electron chi connectivity index (χ1n) is 6.17. The van der Waals surface area contributed by atoms with Crippen LogP contribution in [0.5, 0.6) is 0 Å². The molecule has 0 spiro atoms. The van der Waals surface area contributed by atoms with E-state index in [-0.39, 0.29) is 5.69 Å². The lowest BCUT2D eigenvalue weighted by atomic mass is 9.98. The van der Waals surface area contributed by atoms with Crippen LogP contribution in [-0.2, 0) is 0 Å². The lowest BCUT2D eigenvalue weighted by molar-refractivity contribution is -0.384. The van der Waals surface area contributed by atoms with Crippen LogP contribution in [0.3, 0.4) is 0 Å². The third-order valence-corrected chi connectivity index (χ3v) is 2.86. The number of nitro groups is 1. The largest absolute Gasteiger partial charge is 0.478 e. The van der Waals surface area contributed by atoms with Crippen LogP contribution >= 0.6 is 0 Å². The number of hydrogen-bond donors (Lipinski definition) is 2. The van der Waals surface area contributed by atoms with E-state index >= 15 is 0 Å². The molecule has 20 heavy (non-hydrogen) atoms. The zero-order valence-corrected chi connectivity index (χ0v) is 11.6. The summed E-state index contributed by atoms with van der Waals surface area (Å²) in [6.45, 7) is 5.64. The summed E-state index contributed by atoms with van der Waals surface area (Å²) in [7, 11) is 0. The minimum absolute atomic E-state index is 0.00671. The molecule has 0 bridgehead atoms. The Morgan fingerprint density at radius 1 is 1.50 bits per heavy atom. The third kappa shape index (κ3) is 3.66. The Morgan fingerprint density at radius 3 is 2.55 bits per heavy atom. The lowest BCUT2D eigenvalue weighted by Gasteiger charge is -2.27. The molecule has 0 aliphatic heterocycles. The second-order valence-corrected chi connectivity index (χ2v) is 5.17. The number of benzene rings is 1. The van der Waals surface area contributed by atoms with E-state index in [1.54, 1.807) is 0 Å².